The minimum atomic E-state index is -0.968. The van der Waals surface area contributed by atoms with E-state index in [9.17, 15) is 15.0 Å². The molecule has 5 heteroatoms. The summed E-state index contributed by atoms with van der Waals surface area (Å²) in [5.74, 6) is -0.132. The van der Waals surface area contributed by atoms with E-state index in [1.54, 1.807) is 7.11 Å². The zero-order valence-electron chi connectivity index (χ0n) is 20.4. The van der Waals surface area contributed by atoms with Gasteiger partial charge in [0.1, 0.15) is 6.10 Å². The number of aliphatic hydroxyl groups is 2. The Morgan fingerprint density at radius 1 is 1.19 bits per heavy atom. The predicted octanol–water partition coefficient (Wildman–Crippen LogP) is 5.21. The SMILES string of the molecule is CC=CCC(C)=C[C@H]1CC=CC=CC[C@H](C)C=C(C)[C@@H](OC)C[C@@H](O)C[C@@H](O)CC(=O)O1. The highest BCUT2D eigenvalue weighted by molar-refractivity contribution is 5.70. The zero-order valence-corrected chi connectivity index (χ0v) is 20.4. The Morgan fingerprint density at radius 3 is 2.53 bits per heavy atom. The van der Waals surface area contributed by atoms with E-state index in [4.69, 9.17) is 9.47 Å². The molecule has 1 rings (SSSR count). The number of hydrogen-bond donors (Lipinski definition) is 2. The summed E-state index contributed by atoms with van der Waals surface area (Å²) in [6.07, 6.45) is 16.5. The van der Waals surface area contributed by atoms with Crippen molar-refractivity contribution in [1.29, 1.82) is 0 Å². The van der Waals surface area contributed by atoms with Crippen molar-refractivity contribution in [3.05, 3.63) is 59.8 Å². The van der Waals surface area contributed by atoms with Gasteiger partial charge in [-0.1, -0.05) is 55.0 Å². The highest BCUT2D eigenvalue weighted by Crippen LogP contribution is 2.20. The lowest BCUT2D eigenvalue weighted by molar-refractivity contribution is -0.149. The van der Waals surface area contributed by atoms with E-state index < -0.39 is 24.3 Å². The van der Waals surface area contributed by atoms with Crippen LogP contribution >= 0.6 is 0 Å². The molecule has 0 bridgehead atoms. The average Bonchev–Trinajstić information content (AvgIpc) is 2.71. The van der Waals surface area contributed by atoms with Gasteiger partial charge in [0.15, 0.2) is 0 Å². The van der Waals surface area contributed by atoms with E-state index in [0.717, 1.165) is 24.0 Å². The van der Waals surface area contributed by atoms with Crippen LogP contribution in [-0.4, -0.2) is 47.7 Å². The van der Waals surface area contributed by atoms with Crippen LogP contribution < -0.4 is 0 Å². The molecule has 0 saturated heterocycles. The first-order valence-corrected chi connectivity index (χ1v) is 11.6. The average molecular weight is 447 g/mol. The molecule has 0 unspecified atom stereocenters. The molecule has 0 saturated carbocycles. The quantitative estimate of drug-likeness (QED) is 0.458. The topological polar surface area (TPSA) is 76.0 Å². The number of methoxy groups -OCH3 is 1. The summed E-state index contributed by atoms with van der Waals surface area (Å²) in [4.78, 5) is 12.4. The molecule has 5 atom stereocenters. The third kappa shape index (κ3) is 12.2. The van der Waals surface area contributed by atoms with Gasteiger partial charge in [-0.3, -0.25) is 4.79 Å². The van der Waals surface area contributed by atoms with Crippen LogP contribution in [0.15, 0.2) is 59.8 Å². The molecule has 1 heterocycles. The predicted molar refractivity (Wildman–Crippen MR) is 130 cm³/mol. The maximum Gasteiger partial charge on any atom is 0.309 e. The minimum absolute atomic E-state index is 0.0985. The summed E-state index contributed by atoms with van der Waals surface area (Å²) in [5.41, 5.74) is 2.17. The molecule has 2 N–H and O–H groups in total. The fraction of sp³-hybridized carbons (Fsp3) is 0.593. The molecular formula is C27H42O5. The number of rotatable bonds is 4. The number of esters is 1. The standard InChI is InChI=1S/C27H42O5/c1-6-7-12-21(3)16-25-14-11-9-8-10-13-20(2)15-22(4)26(31-5)18-23(28)17-24(29)19-27(30)32-25/h6-11,15-16,20,23-26,28-29H,12-14,17-19H2,1-5H3/t20-,23-,24+,25+,26-/m0/s1. The fourth-order valence-electron chi connectivity index (χ4n) is 3.74. The molecule has 180 valence electrons. The number of cyclic esters (lactones) is 1. The summed E-state index contributed by atoms with van der Waals surface area (Å²) < 4.78 is 11.2. The van der Waals surface area contributed by atoms with Gasteiger partial charge in [-0.2, -0.15) is 0 Å². The van der Waals surface area contributed by atoms with Crippen LogP contribution in [0.3, 0.4) is 0 Å². The molecule has 0 amide bonds. The van der Waals surface area contributed by atoms with Gasteiger partial charge in [-0.05, 0) is 57.6 Å². The third-order valence-electron chi connectivity index (χ3n) is 5.46. The lowest BCUT2D eigenvalue weighted by atomic mass is 9.96. The number of hydrogen-bond acceptors (Lipinski definition) is 5. The Bertz CT molecular complexity index is 701. The largest absolute Gasteiger partial charge is 0.458 e. The first-order valence-electron chi connectivity index (χ1n) is 11.6. The second-order valence-electron chi connectivity index (χ2n) is 8.74. The fourth-order valence-corrected chi connectivity index (χ4v) is 3.74. The van der Waals surface area contributed by atoms with E-state index in [1.807, 2.05) is 51.2 Å². The first kappa shape index (κ1) is 28.1. The van der Waals surface area contributed by atoms with Crippen molar-refractivity contribution in [3.8, 4) is 0 Å². The summed E-state index contributed by atoms with van der Waals surface area (Å²) in [6, 6.07) is 0. The minimum Gasteiger partial charge on any atom is -0.458 e. The Balaban J connectivity index is 3.02. The van der Waals surface area contributed by atoms with Gasteiger partial charge in [0.25, 0.3) is 0 Å². The molecule has 0 fully saturated rings. The lowest BCUT2D eigenvalue weighted by Crippen LogP contribution is -2.27. The van der Waals surface area contributed by atoms with Crippen LogP contribution in [-0.2, 0) is 14.3 Å². The number of carbonyl (C=O) groups excluding carboxylic acids is 1. The smallest absolute Gasteiger partial charge is 0.309 e. The van der Waals surface area contributed by atoms with Crippen molar-refractivity contribution in [2.24, 2.45) is 5.92 Å². The maximum atomic E-state index is 12.4. The molecule has 1 aliphatic heterocycles. The third-order valence-corrected chi connectivity index (χ3v) is 5.46. The van der Waals surface area contributed by atoms with Crippen LogP contribution in [0.4, 0.5) is 0 Å². The van der Waals surface area contributed by atoms with E-state index in [0.29, 0.717) is 18.8 Å². The number of allylic oxidation sites excluding steroid dienone is 7. The van der Waals surface area contributed by atoms with Crippen molar-refractivity contribution >= 4 is 5.97 Å². The van der Waals surface area contributed by atoms with Gasteiger partial charge >= 0.3 is 5.97 Å². The number of ether oxygens (including phenoxy) is 2. The molecule has 1 aliphatic rings. The van der Waals surface area contributed by atoms with Crippen molar-refractivity contribution in [3.63, 3.8) is 0 Å². The van der Waals surface area contributed by atoms with Crippen LogP contribution in [0.2, 0.25) is 0 Å². The first-order chi connectivity index (χ1) is 15.2. The van der Waals surface area contributed by atoms with Crippen LogP contribution in [0, 0.1) is 5.92 Å². The van der Waals surface area contributed by atoms with E-state index in [1.165, 1.54) is 0 Å². The van der Waals surface area contributed by atoms with Crippen molar-refractivity contribution in [1.82, 2.24) is 0 Å². The lowest BCUT2D eigenvalue weighted by Gasteiger charge is -2.23. The molecule has 0 spiro atoms. The molecule has 5 nitrogen and oxygen atoms in total. The van der Waals surface area contributed by atoms with Crippen molar-refractivity contribution in [2.45, 2.75) is 90.6 Å². The van der Waals surface area contributed by atoms with Crippen molar-refractivity contribution in [2.75, 3.05) is 7.11 Å². The van der Waals surface area contributed by atoms with E-state index in [2.05, 4.69) is 25.2 Å². The van der Waals surface area contributed by atoms with Crippen LogP contribution in [0.5, 0.6) is 0 Å². The summed E-state index contributed by atoms with van der Waals surface area (Å²) in [7, 11) is 1.62. The Kier molecular flexibility index (Phi) is 13.9. The van der Waals surface area contributed by atoms with Gasteiger partial charge < -0.3 is 19.7 Å². The summed E-state index contributed by atoms with van der Waals surface area (Å²) >= 11 is 0. The monoisotopic (exact) mass is 446 g/mol. The molecule has 0 aromatic carbocycles. The summed E-state index contributed by atoms with van der Waals surface area (Å²) in [6.45, 7) is 8.13. The van der Waals surface area contributed by atoms with Gasteiger partial charge in [0.05, 0.1) is 24.7 Å². The van der Waals surface area contributed by atoms with E-state index in [-0.39, 0.29) is 18.9 Å². The van der Waals surface area contributed by atoms with Gasteiger partial charge in [-0.15, -0.1) is 0 Å². The Morgan fingerprint density at radius 2 is 1.88 bits per heavy atom. The number of aliphatic hydroxyl groups excluding tert-OH is 2. The zero-order chi connectivity index (χ0) is 23.9. The normalized spacial score (nSPS) is 30.0. The number of carbonyl (C=O) groups is 1. The highest BCUT2D eigenvalue weighted by Gasteiger charge is 2.22. The second-order valence-corrected chi connectivity index (χ2v) is 8.74. The molecular weight excluding hydrogens is 404 g/mol. The Hall–Kier alpha value is -1.95. The second kappa shape index (κ2) is 15.8. The molecule has 0 radical (unpaired) electrons. The molecule has 0 aliphatic carbocycles. The van der Waals surface area contributed by atoms with Crippen molar-refractivity contribution < 1.29 is 24.5 Å². The van der Waals surface area contributed by atoms with E-state index >= 15 is 0 Å². The van der Waals surface area contributed by atoms with Crippen LogP contribution in [0.1, 0.15) is 66.2 Å². The van der Waals surface area contributed by atoms with Gasteiger partial charge in [0.2, 0.25) is 0 Å². The molecule has 0 aromatic heterocycles. The molecule has 32 heavy (non-hydrogen) atoms. The maximum absolute atomic E-state index is 12.4. The summed E-state index contributed by atoms with van der Waals surface area (Å²) in [5, 5.41) is 20.8. The molecule has 0 aromatic rings. The van der Waals surface area contributed by atoms with Gasteiger partial charge in [-0.25, -0.2) is 0 Å². The van der Waals surface area contributed by atoms with Crippen LogP contribution in [0.25, 0.3) is 0 Å². The van der Waals surface area contributed by atoms with Gasteiger partial charge in [0, 0.05) is 20.0 Å². The Labute approximate surface area is 194 Å². The highest BCUT2D eigenvalue weighted by atomic mass is 16.5.